The number of fused-ring (bicyclic) bond motifs is 1. The minimum absolute atomic E-state index is 0.830. The molecule has 3 rings (SSSR count). The van der Waals surface area contributed by atoms with E-state index in [9.17, 15) is 0 Å². The van der Waals surface area contributed by atoms with Crippen LogP contribution in [0.4, 0.5) is 11.5 Å². The van der Waals surface area contributed by atoms with Gasteiger partial charge in [0.05, 0.1) is 11.9 Å². The first kappa shape index (κ1) is 11.0. The molecule has 1 aliphatic heterocycles. The lowest BCUT2D eigenvalue weighted by molar-refractivity contribution is 0.721. The Morgan fingerprint density at radius 2 is 1.94 bits per heavy atom. The Balaban J connectivity index is 1.82. The zero-order chi connectivity index (χ0) is 12.4. The Hall–Kier alpha value is -2.07. The molecule has 1 aliphatic rings. The number of hydrazine groups is 1. The van der Waals surface area contributed by atoms with Gasteiger partial charge < -0.3 is 10.3 Å². The smallest absolute Gasteiger partial charge is 0.128 e. The maximum absolute atomic E-state index is 5.34. The van der Waals surface area contributed by atoms with Crippen LogP contribution in [-0.4, -0.2) is 11.5 Å². The molecule has 0 fully saturated rings. The number of rotatable bonds is 2. The fourth-order valence-electron chi connectivity index (χ4n) is 2.35. The number of nitrogens with zero attached hydrogens (tertiary/aromatic N) is 2. The lowest BCUT2D eigenvalue weighted by atomic mass is 10.00. The summed E-state index contributed by atoms with van der Waals surface area (Å²) in [6, 6.07) is 12.6. The monoisotopic (exact) mass is 240 g/mol. The van der Waals surface area contributed by atoms with Gasteiger partial charge >= 0.3 is 0 Å². The predicted octanol–water partition coefficient (Wildman–Crippen LogP) is 1.93. The van der Waals surface area contributed by atoms with Crippen LogP contribution in [0.1, 0.15) is 11.1 Å². The summed E-state index contributed by atoms with van der Waals surface area (Å²) in [6.07, 6.45) is 2.84. The number of aromatic nitrogens is 1. The molecule has 1 aromatic carbocycles. The second-order valence-electron chi connectivity index (χ2n) is 4.49. The van der Waals surface area contributed by atoms with Crippen molar-refractivity contribution < 1.29 is 0 Å². The van der Waals surface area contributed by atoms with E-state index in [4.69, 9.17) is 5.84 Å². The molecule has 2 aromatic rings. The first-order valence-corrected chi connectivity index (χ1v) is 6.11. The van der Waals surface area contributed by atoms with E-state index in [1.165, 1.54) is 11.1 Å². The van der Waals surface area contributed by atoms with Crippen molar-refractivity contribution in [3.05, 3.63) is 53.7 Å². The minimum atomic E-state index is 0.830. The Labute approximate surface area is 106 Å². The highest BCUT2D eigenvalue weighted by Gasteiger charge is 2.16. The highest BCUT2D eigenvalue weighted by atomic mass is 15.2. The van der Waals surface area contributed by atoms with Crippen molar-refractivity contribution in [2.45, 2.75) is 13.0 Å². The first-order chi connectivity index (χ1) is 8.86. The fraction of sp³-hybridized carbons (Fsp3) is 0.214. The molecule has 1 aromatic heterocycles. The normalized spacial score (nSPS) is 14.2. The maximum Gasteiger partial charge on any atom is 0.128 e. The summed E-state index contributed by atoms with van der Waals surface area (Å²) in [7, 11) is 0. The molecule has 0 saturated heterocycles. The van der Waals surface area contributed by atoms with Gasteiger partial charge in [-0.1, -0.05) is 24.3 Å². The number of benzene rings is 1. The van der Waals surface area contributed by atoms with Crippen molar-refractivity contribution in [3.63, 3.8) is 0 Å². The highest BCUT2D eigenvalue weighted by Crippen LogP contribution is 2.23. The predicted molar refractivity (Wildman–Crippen MR) is 73.2 cm³/mol. The zero-order valence-corrected chi connectivity index (χ0v) is 10.1. The summed E-state index contributed by atoms with van der Waals surface area (Å²) in [5, 5.41) is 0. The maximum atomic E-state index is 5.34. The summed E-state index contributed by atoms with van der Waals surface area (Å²) < 4.78 is 0. The molecule has 0 spiro atoms. The SMILES string of the molecule is NNc1ccc(N2CCc3ccccc3C2)nc1. The molecule has 0 saturated carbocycles. The van der Waals surface area contributed by atoms with Crippen LogP contribution < -0.4 is 16.2 Å². The average molecular weight is 240 g/mol. The molecule has 2 heterocycles. The van der Waals surface area contributed by atoms with Crippen molar-refractivity contribution in [1.82, 2.24) is 4.98 Å². The Kier molecular flexibility index (Phi) is 2.86. The molecule has 0 amide bonds. The van der Waals surface area contributed by atoms with Crippen molar-refractivity contribution >= 4 is 11.5 Å². The van der Waals surface area contributed by atoms with Gasteiger partial charge in [0, 0.05) is 13.1 Å². The topological polar surface area (TPSA) is 54.2 Å². The fourth-order valence-corrected chi connectivity index (χ4v) is 2.35. The van der Waals surface area contributed by atoms with Gasteiger partial charge in [0.1, 0.15) is 5.82 Å². The number of pyridine rings is 1. The Bertz CT molecular complexity index is 536. The van der Waals surface area contributed by atoms with Crippen LogP contribution in [-0.2, 0) is 13.0 Å². The van der Waals surface area contributed by atoms with Gasteiger partial charge in [-0.2, -0.15) is 0 Å². The standard InChI is InChI=1S/C14H16N4/c15-17-13-5-6-14(16-9-13)18-8-7-11-3-1-2-4-12(11)10-18/h1-6,9,17H,7-8,10,15H2. The molecule has 4 nitrogen and oxygen atoms in total. The Morgan fingerprint density at radius 1 is 1.11 bits per heavy atom. The number of nitrogen functional groups attached to an aromatic ring is 1. The number of hydrogen-bond acceptors (Lipinski definition) is 4. The number of nitrogens with two attached hydrogens (primary N) is 1. The lowest BCUT2D eigenvalue weighted by Gasteiger charge is -2.29. The van der Waals surface area contributed by atoms with E-state index in [0.717, 1.165) is 31.0 Å². The number of hydrogen-bond donors (Lipinski definition) is 2. The van der Waals surface area contributed by atoms with Crippen LogP contribution in [0.15, 0.2) is 42.6 Å². The van der Waals surface area contributed by atoms with Crippen LogP contribution in [0.5, 0.6) is 0 Å². The van der Waals surface area contributed by atoms with Crippen LogP contribution in [0, 0.1) is 0 Å². The number of anilines is 2. The molecule has 92 valence electrons. The molecule has 0 atom stereocenters. The van der Waals surface area contributed by atoms with Crippen molar-refractivity contribution in [2.75, 3.05) is 16.9 Å². The largest absolute Gasteiger partial charge is 0.352 e. The van der Waals surface area contributed by atoms with E-state index in [1.54, 1.807) is 6.20 Å². The summed E-state index contributed by atoms with van der Waals surface area (Å²) in [4.78, 5) is 6.72. The van der Waals surface area contributed by atoms with E-state index in [2.05, 4.69) is 39.6 Å². The van der Waals surface area contributed by atoms with E-state index >= 15 is 0 Å². The highest BCUT2D eigenvalue weighted by molar-refractivity contribution is 5.49. The van der Waals surface area contributed by atoms with Crippen molar-refractivity contribution in [3.8, 4) is 0 Å². The molecule has 4 heteroatoms. The second kappa shape index (κ2) is 4.66. The minimum Gasteiger partial charge on any atom is -0.352 e. The van der Waals surface area contributed by atoms with Gasteiger partial charge in [-0.3, -0.25) is 5.84 Å². The van der Waals surface area contributed by atoms with Crippen LogP contribution in [0.3, 0.4) is 0 Å². The van der Waals surface area contributed by atoms with Gasteiger partial charge in [-0.05, 0) is 29.7 Å². The van der Waals surface area contributed by atoms with Crippen LogP contribution in [0.2, 0.25) is 0 Å². The second-order valence-corrected chi connectivity index (χ2v) is 4.49. The van der Waals surface area contributed by atoms with Gasteiger partial charge in [-0.25, -0.2) is 4.98 Å². The molecule has 3 N–H and O–H groups in total. The van der Waals surface area contributed by atoms with Gasteiger partial charge in [0.15, 0.2) is 0 Å². The van der Waals surface area contributed by atoms with E-state index < -0.39 is 0 Å². The van der Waals surface area contributed by atoms with Crippen LogP contribution in [0.25, 0.3) is 0 Å². The number of nitrogens with one attached hydrogen (secondary N) is 1. The summed E-state index contributed by atoms with van der Waals surface area (Å²) in [5.74, 6) is 6.34. The van der Waals surface area contributed by atoms with Crippen molar-refractivity contribution in [2.24, 2.45) is 5.84 Å². The Morgan fingerprint density at radius 3 is 2.67 bits per heavy atom. The summed E-state index contributed by atoms with van der Waals surface area (Å²) in [6.45, 7) is 1.94. The lowest BCUT2D eigenvalue weighted by Crippen LogP contribution is -2.30. The van der Waals surface area contributed by atoms with E-state index in [-0.39, 0.29) is 0 Å². The molecule has 0 bridgehead atoms. The van der Waals surface area contributed by atoms with Gasteiger partial charge in [0.25, 0.3) is 0 Å². The van der Waals surface area contributed by atoms with E-state index in [1.807, 2.05) is 12.1 Å². The van der Waals surface area contributed by atoms with Gasteiger partial charge in [-0.15, -0.1) is 0 Å². The summed E-state index contributed by atoms with van der Waals surface area (Å²) in [5.41, 5.74) is 6.27. The molecular weight excluding hydrogens is 224 g/mol. The third-order valence-electron chi connectivity index (χ3n) is 3.37. The first-order valence-electron chi connectivity index (χ1n) is 6.11. The van der Waals surface area contributed by atoms with Crippen LogP contribution >= 0.6 is 0 Å². The van der Waals surface area contributed by atoms with E-state index in [0.29, 0.717) is 0 Å². The average Bonchev–Trinajstić information content (AvgIpc) is 2.47. The molecule has 0 unspecified atom stereocenters. The van der Waals surface area contributed by atoms with Crippen molar-refractivity contribution in [1.29, 1.82) is 0 Å². The molecule has 18 heavy (non-hydrogen) atoms. The van der Waals surface area contributed by atoms with Gasteiger partial charge in [0.2, 0.25) is 0 Å². The third kappa shape index (κ3) is 2.02. The molecule has 0 aliphatic carbocycles. The quantitative estimate of drug-likeness (QED) is 0.622. The summed E-state index contributed by atoms with van der Waals surface area (Å²) >= 11 is 0. The third-order valence-corrected chi connectivity index (χ3v) is 3.37. The molecule has 0 radical (unpaired) electrons. The zero-order valence-electron chi connectivity index (χ0n) is 10.1. The molecular formula is C14H16N4.